The van der Waals surface area contributed by atoms with Crippen LogP contribution in [0.4, 0.5) is 0 Å². The van der Waals surface area contributed by atoms with E-state index in [1.54, 1.807) is 0 Å². The Bertz CT molecular complexity index is 97.4. The fourth-order valence-electron chi connectivity index (χ4n) is 1.50. The van der Waals surface area contributed by atoms with Gasteiger partial charge in [-0.15, -0.1) is 0 Å². The highest BCUT2D eigenvalue weighted by Gasteiger charge is 2.13. The molecular weight excluding hydrogens is 126 g/mol. The van der Waals surface area contributed by atoms with Gasteiger partial charge in [-0.3, -0.25) is 0 Å². The van der Waals surface area contributed by atoms with Crippen molar-refractivity contribution in [2.45, 2.75) is 32.1 Å². The van der Waals surface area contributed by atoms with Gasteiger partial charge in [-0.2, -0.15) is 0 Å². The van der Waals surface area contributed by atoms with Crippen molar-refractivity contribution in [2.24, 2.45) is 11.1 Å². The van der Waals surface area contributed by atoms with Crippen molar-refractivity contribution < 1.29 is 4.84 Å². The Hall–Kier alpha value is -0.530. The van der Waals surface area contributed by atoms with Crippen molar-refractivity contribution in [3.05, 3.63) is 0 Å². The summed E-state index contributed by atoms with van der Waals surface area (Å²) in [6, 6.07) is 0. The maximum atomic E-state index is 4.85. The molecular formula is C8H14NO. The molecule has 0 atom stereocenters. The van der Waals surface area contributed by atoms with Crippen molar-refractivity contribution in [2.75, 3.05) is 6.61 Å². The molecule has 0 aromatic carbocycles. The van der Waals surface area contributed by atoms with Gasteiger partial charge in [0.05, 0.1) is 6.72 Å². The molecule has 57 valence electrons. The quantitative estimate of drug-likeness (QED) is 0.434. The van der Waals surface area contributed by atoms with Gasteiger partial charge < -0.3 is 4.84 Å². The second kappa shape index (κ2) is 4.31. The summed E-state index contributed by atoms with van der Waals surface area (Å²) in [7, 11) is 0. The number of rotatable bonds is 3. The summed E-state index contributed by atoms with van der Waals surface area (Å²) in [5, 5.41) is 3.13. The first kappa shape index (κ1) is 7.58. The van der Waals surface area contributed by atoms with Crippen LogP contribution in [0.15, 0.2) is 5.16 Å². The van der Waals surface area contributed by atoms with Crippen LogP contribution in [-0.2, 0) is 4.84 Å². The number of nitrogens with zero attached hydrogens (tertiary/aromatic N) is 1. The van der Waals surface area contributed by atoms with Gasteiger partial charge in [-0.1, -0.05) is 24.4 Å². The van der Waals surface area contributed by atoms with Crippen LogP contribution in [0.1, 0.15) is 32.1 Å². The van der Waals surface area contributed by atoms with E-state index in [4.69, 9.17) is 11.6 Å². The maximum Gasteiger partial charge on any atom is 0.120 e. The summed E-state index contributed by atoms with van der Waals surface area (Å²) >= 11 is 0. The minimum atomic E-state index is 0.709. The normalized spacial score (nSPS) is 20.4. The molecule has 1 rings (SSSR count). The van der Waals surface area contributed by atoms with Gasteiger partial charge in [0.15, 0.2) is 0 Å². The molecule has 0 N–H and O–H groups in total. The smallest absolute Gasteiger partial charge is 0.120 e. The fourth-order valence-corrected chi connectivity index (χ4v) is 1.50. The van der Waals surface area contributed by atoms with Crippen LogP contribution >= 0.6 is 0 Å². The molecule has 1 aliphatic rings. The third kappa shape index (κ3) is 2.38. The van der Waals surface area contributed by atoms with Gasteiger partial charge in [-0.25, -0.2) is 0 Å². The molecule has 0 saturated heterocycles. The zero-order valence-electron chi connectivity index (χ0n) is 6.25. The zero-order valence-corrected chi connectivity index (χ0v) is 6.25. The Morgan fingerprint density at radius 3 is 2.60 bits per heavy atom. The van der Waals surface area contributed by atoms with Crippen LogP contribution < -0.4 is 0 Å². The average molecular weight is 140 g/mol. The molecule has 0 aliphatic heterocycles. The molecule has 0 unspecified atom stereocenters. The molecule has 2 heteroatoms. The lowest BCUT2D eigenvalue weighted by molar-refractivity contribution is 0.0936. The predicted octanol–water partition coefficient (Wildman–Crippen LogP) is 2.08. The van der Waals surface area contributed by atoms with E-state index in [9.17, 15) is 0 Å². The number of hydrogen-bond acceptors (Lipinski definition) is 2. The molecule has 1 aliphatic carbocycles. The first-order chi connectivity index (χ1) is 4.93. The van der Waals surface area contributed by atoms with E-state index in [2.05, 4.69) is 5.16 Å². The summed E-state index contributed by atoms with van der Waals surface area (Å²) in [5.41, 5.74) is 0. The van der Waals surface area contributed by atoms with Crippen molar-refractivity contribution in [3.8, 4) is 0 Å². The SMILES string of the molecule is [CH]=NOCC1CCCCC1. The first-order valence-electron chi connectivity index (χ1n) is 3.95. The molecule has 0 bridgehead atoms. The molecule has 1 radical (unpaired) electrons. The Morgan fingerprint density at radius 1 is 1.30 bits per heavy atom. The highest BCUT2D eigenvalue weighted by atomic mass is 16.6. The van der Waals surface area contributed by atoms with E-state index in [-0.39, 0.29) is 0 Å². The lowest BCUT2D eigenvalue weighted by Crippen LogP contribution is -2.11. The Kier molecular flexibility index (Phi) is 3.27. The van der Waals surface area contributed by atoms with Crippen LogP contribution in [0.25, 0.3) is 0 Å². The second-order valence-electron chi connectivity index (χ2n) is 2.91. The molecule has 0 aromatic heterocycles. The molecule has 2 nitrogen and oxygen atoms in total. The topological polar surface area (TPSA) is 21.6 Å². The highest BCUT2D eigenvalue weighted by molar-refractivity contribution is 5.21. The fraction of sp³-hybridized carbons (Fsp3) is 0.875. The molecule has 0 aromatic rings. The summed E-state index contributed by atoms with van der Waals surface area (Å²) < 4.78 is 0. The standard InChI is InChI=1S/C8H14NO/c1-9-10-7-8-5-3-2-4-6-8/h1,8H,2-7H2. The van der Waals surface area contributed by atoms with Crippen LogP contribution in [0, 0.1) is 5.92 Å². The average Bonchev–Trinajstić information content (AvgIpc) is 2.03. The van der Waals surface area contributed by atoms with Gasteiger partial charge >= 0.3 is 0 Å². The molecule has 0 heterocycles. The van der Waals surface area contributed by atoms with E-state index in [0.717, 1.165) is 6.61 Å². The number of hydrogen-bond donors (Lipinski definition) is 0. The summed E-state index contributed by atoms with van der Waals surface area (Å²) in [6.07, 6.45) is 6.65. The maximum absolute atomic E-state index is 4.85. The predicted molar refractivity (Wildman–Crippen MR) is 41.0 cm³/mol. The molecule has 0 spiro atoms. The lowest BCUT2D eigenvalue weighted by atomic mass is 9.90. The Labute approximate surface area is 62.3 Å². The summed E-state index contributed by atoms with van der Waals surface area (Å²) in [5.74, 6) is 0.709. The Balaban J connectivity index is 2.07. The van der Waals surface area contributed by atoms with E-state index < -0.39 is 0 Å². The van der Waals surface area contributed by atoms with Gasteiger partial charge in [-0.05, 0) is 18.8 Å². The summed E-state index contributed by atoms with van der Waals surface area (Å²) in [6.45, 7) is 5.57. The van der Waals surface area contributed by atoms with Crippen molar-refractivity contribution >= 4 is 6.72 Å². The van der Waals surface area contributed by atoms with Crippen LogP contribution in [0.2, 0.25) is 0 Å². The van der Waals surface area contributed by atoms with Crippen molar-refractivity contribution in [1.82, 2.24) is 0 Å². The highest BCUT2D eigenvalue weighted by Crippen LogP contribution is 2.23. The second-order valence-corrected chi connectivity index (χ2v) is 2.91. The van der Waals surface area contributed by atoms with Crippen LogP contribution in [0.3, 0.4) is 0 Å². The van der Waals surface area contributed by atoms with E-state index >= 15 is 0 Å². The van der Waals surface area contributed by atoms with Gasteiger partial charge in [0, 0.05) is 0 Å². The molecule has 1 saturated carbocycles. The molecule has 0 amide bonds. The lowest BCUT2D eigenvalue weighted by Gasteiger charge is -2.19. The van der Waals surface area contributed by atoms with Crippen molar-refractivity contribution in [3.63, 3.8) is 0 Å². The largest absolute Gasteiger partial charge is 0.395 e. The van der Waals surface area contributed by atoms with Gasteiger partial charge in [0.25, 0.3) is 0 Å². The third-order valence-corrected chi connectivity index (χ3v) is 2.11. The molecule has 1 fully saturated rings. The van der Waals surface area contributed by atoms with Crippen LogP contribution in [-0.4, -0.2) is 13.3 Å². The first-order valence-corrected chi connectivity index (χ1v) is 3.95. The van der Waals surface area contributed by atoms with Gasteiger partial charge in [0.1, 0.15) is 6.61 Å². The summed E-state index contributed by atoms with van der Waals surface area (Å²) in [4.78, 5) is 4.78. The minimum absolute atomic E-state index is 0.709. The minimum Gasteiger partial charge on any atom is -0.395 e. The third-order valence-electron chi connectivity index (χ3n) is 2.11. The monoisotopic (exact) mass is 140 g/mol. The van der Waals surface area contributed by atoms with Gasteiger partial charge in [0.2, 0.25) is 0 Å². The van der Waals surface area contributed by atoms with Crippen molar-refractivity contribution in [1.29, 1.82) is 0 Å². The zero-order chi connectivity index (χ0) is 7.23. The van der Waals surface area contributed by atoms with Crippen LogP contribution in [0.5, 0.6) is 0 Å². The Morgan fingerprint density at radius 2 is 2.00 bits per heavy atom. The van der Waals surface area contributed by atoms with E-state index in [1.807, 2.05) is 0 Å². The molecule has 10 heavy (non-hydrogen) atoms. The van der Waals surface area contributed by atoms with E-state index in [1.165, 1.54) is 32.1 Å². The van der Waals surface area contributed by atoms with E-state index in [0.29, 0.717) is 5.92 Å².